The van der Waals surface area contributed by atoms with Crippen LogP contribution < -0.4 is 10.2 Å². The molecule has 1 aliphatic carbocycles. The van der Waals surface area contributed by atoms with E-state index in [1.165, 1.54) is 0 Å². The molecule has 0 saturated heterocycles. The van der Waals surface area contributed by atoms with Crippen molar-refractivity contribution in [2.75, 3.05) is 4.90 Å². The Morgan fingerprint density at radius 3 is 2.73 bits per heavy atom. The lowest BCUT2D eigenvalue weighted by Crippen LogP contribution is -2.50. The first-order chi connectivity index (χ1) is 12.5. The molecule has 1 N–H and O–H groups in total. The summed E-state index contributed by atoms with van der Waals surface area (Å²) in [5.41, 5.74) is 2.65. The molecule has 1 fully saturated rings. The molecule has 1 aromatic heterocycles. The largest absolute Gasteiger partial charge is 0.351 e. The van der Waals surface area contributed by atoms with E-state index in [1.54, 1.807) is 4.90 Å². The van der Waals surface area contributed by atoms with E-state index in [1.807, 2.05) is 48.0 Å². The highest BCUT2D eigenvalue weighted by atomic mass is 79.9. The van der Waals surface area contributed by atoms with Crippen LogP contribution in [-0.4, -0.2) is 22.4 Å². The molecule has 2 heterocycles. The van der Waals surface area contributed by atoms with Gasteiger partial charge in [0, 0.05) is 22.4 Å². The van der Waals surface area contributed by atoms with Crippen LogP contribution in [0, 0.1) is 6.92 Å². The summed E-state index contributed by atoms with van der Waals surface area (Å²) < 4.78 is 2.87. The highest BCUT2D eigenvalue weighted by Crippen LogP contribution is 2.34. The van der Waals surface area contributed by atoms with Gasteiger partial charge in [0.2, 0.25) is 11.8 Å². The zero-order chi connectivity index (χ0) is 18.3. The Morgan fingerprint density at radius 1 is 1.23 bits per heavy atom. The smallest absolute Gasteiger partial charge is 0.249 e. The fourth-order valence-corrected chi connectivity index (χ4v) is 4.24. The summed E-state index contributed by atoms with van der Waals surface area (Å²) in [7, 11) is 0. The monoisotopic (exact) mass is 415 g/mol. The van der Waals surface area contributed by atoms with Crippen LogP contribution in [0.4, 0.5) is 5.69 Å². The number of aryl methyl sites for hydroxylation is 1. The third kappa shape index (κ3) is 3.07. The van der Waals surface area contributed by atoms with Gasteiger partial charge in [-0.1, -0.05) is 28.8 Å². The molecule has 136 valence electrons. The molecule has 4 rings (SSSR count). The van der Waals surface area contributed by atoms with Crippen LogP contribution in [0.15, 0.2) is 41.0 Å². The van der Waals surface area contributed by atoms with E-state index in [9.17, 15) is 9.59 Å². The molecule has 2 aromatic rings. The van der Waals surface area contributed by atoms with Crippen LogP contribution in [0.3, 0.4) is 0 Å². The Kier molecular flexibility index (Phi) is 4.61. The maximum Gasteiger partial charge on any atom is 0.249 e. The van der Waals surface area contributed by atoms with E-state index >= 15 is 0 Å². The Hall–Kier alpha value is -2.08. The summed E-state index contributed by atoms with van der Waals surface area (Å²) in [6.45, 7) is 2.24. The minimum absolute atomic E-state index is 0.0676. The molecule has 6 heteroatoms. The Labute approximate surface area is 161 Å². The first-order valence-electron chi connectivity index (χ1n) is 9.08. The molecule has 1 aromatic carbocycles. The minimum atomic E-state index is -0.632. The molecule has 2 aliphatic rings. The summed E-state index contributed by atoms with van der Waals surface area (Å²) >= 11 is 3.50. The van der Waals surface area contributed by atoms with E-state index in [4.69, 9.17) is 0 Å². The molecule has 0 bridgehead atoms. The Bertz CT molecular complexity index is 854. The fourth-order valence-electron chi connectivity index (χ4n) is 3.99. The zero-order valence-corrected chi connectivity index (χ0v) is 16.3. The summed E-state index contributed by atoms with van der Waals surface area (Å²) in [5, 5.41) is 3.17. The number of fused-ring (bicyclic) bond motifs is 1. The minimum Gasteiger partial charge on any atom is -0.351 e. The molecule has 1 aliphatic heterocycles. The van der Waals surface area contributed by atoms with E-state index < -0.39 is 6.04 Å². The number of rotatable bonds is 3. The predicted molar refractivity (Wildman–Crippen MR) is 104 cm³/mol. The second-order valence-corrected chi connectivity index (χ2v) is 8.01. The fraction of sp³-hybridized carbons (Fsp3) is 0.400. The van der Waals surface area contributed by atoms with Crippen LogP contribution >= 0.6 is 15.9 Å². The van der Waals surface area contributed by atoms with Crippen molar-refractivity contribution < 1.29 is 9.59 Å². The molecule has 1 atom stereocenters. The van der Waals surface area contributed by atoms with Crippen molar-refractivity contribution in [2.45, 2.75) is 51.2 Å². The van der Waals surface area contributed by atoms with Gasteiger partial charge < -0.3 is 9.88 Å². The van der Waals surface area contributed by atoms with Crippen LogP contribution in [0.1, 0.15) is 43.0 Å². The Balaban J connectivity index is 1.73. The van der Waals surface area contributed by atoms with Crippen molar-refractivity contribution in [1.29, 1.82) is 0 Å². The summed E-state index contributed by atoms with van der Waals surface area (Å²) in [6.07, 6.45) is 6.21. The molecular weight excluding hydrogens is 394 g/mol. The number of nitrogens with zero attached hydrogens (tertiary/aromatic N) is 2. The van der Waals surface area contributed by atoms with Gasteiger partial charge in [0.05, 0.1) is 5.69 Å². The van der Waals surface area contributed by atoms with Gasteiger partial charge in [-0.3, -0.25) is 14.5 Å². The summed E-state index contributed by atoms with van der Waals surface area (Å²) in [5.74, 6) is -0.160. The molecule has 0 radical (unpaired) electrons. The lowest BCUT2D eigenvalue weighted by Gasteiger charge is -2.36. The quantitative estimate of drug-likeness (QED) is 0.830. The third-order valence-electron chi connectivity index (χ3n) is 5.35. The molecule has 0 unspecified atom stereocenters. The van der Waals surface area contributed by atoms with E-state index in [2.05, 4.69) is 21.2 Å². The van der Waals surface area contributed by atoms with Crippen LogP contribution in [0.2, 0.25) is 0 Å². The number of hydrogen-bond donors (Lipinski definition) is 1. The first-order valence-corrected chi connectivity index (χ1v) is 9.87. The maximum absolute atomic E-state index is 13.2. The average Bonchev–Trinajstić information content (AvgIpc) is 3.27. The molecule has 1 saturated carbocycles. The number of nitrogens with one attached hydrogen (secondary N) is 1. The van der Waals surface area contributed by atoms with Crippen LogP contribution in [0.5, 0.6) is 0 Å². The van der Waals surface area contributed by atoms with Crippen molar-refractivity contribution in [3.63, 3.8) is 0 Å². The van der Waals surface area contributed by atoms with E-state index in [-0.39, 0.29) is 24.4 Å². The van der Waals surface area contributed by atoms with E-state index in [0.717, 1.165) is 47.1 Å². The number of anilines is 1. The number of aromatic nitrogens is 1. The topological polar surface area (TPSA) is 54.3 Å². The van der Waals surface area contributed by atoms with Crippen molar-refractivity contribution in [3.05, 3.63) is 52.3 Å². The predicted octanol–water partition coefficient (Wildman–Crippen LogP) is 3.71. The van der Waals surface area contributed by atoms with Gasteiger partial charge in [0.25, 0.3) is 0 Å². The summed E-state index contributed by atoms with van der Waals surface area (Å²) in [6, 6.07) is 9.19. The van der Waals surface area contributed by atoms with Gasteiger partial charge in [0.15, 0.2) is 6.04 Å². The molecule has 5 nitrogen and oxygen atoms in total. The van der Waals surface area contributed by atoms with Gasteiger partial charge >= 0.3 is 0 Å². The molecular formula is C20H22BrN3O2. The van der Waals surface area contributed by atoms with Crippen LogP contribution in [-0.2, 0) is 16.1 Å². The van der Waals surface area contributed by atoms with Gasteiger partial charge in [-0.2, -0.15) is 0 Å². The average molecular weight is 416 g/mol. The number of hydrogen-bond acceptors (Lipinski definition) is 2. The lowest BCUT2D eigenvalue weighted by molar-refractivity contribution is -0.128. The number of benzene rings is 1. The SMILES string of the molecule is Cc1cc(N2C(=O)Cn3cccc3[C@@H]2C(=O)NC2CCCC2)ccc1Br. The molecule has 2 amide bonds. The second kappa shape index (κ2) is 6.91. The van der Waals surface area contributed by atoms with Crippen molar-refractivity contribution in [3.8, 4) is 0 Å². The number of halogens is 1. The number of carbonyl (C=O) groups is 2. The second-order valence-electron chi connectivity index (χ2n) is 7.15. The van der Waals surface area contributed by atoms with Gasteiger partial charge in [-0.15, -0.1) is 0 Å². The normalized spacial score (nSPS) is 20.3. The van der Waals surface area contributed by atoms with Gasteiger partial charge in [0.1, 0.15) is 6.54 Å². The highest BCUT2D eigenvalue weighted by Gasteiger charge is 2.39. The summed E-state index contributed by atoms with van der Waals surface area (Å²) in [4.78, 5) is 27.7. The molecule has 0 spiro atoms. The standard InChI is InChI=1S/C20H22BrN3O2/c1-13-11-15(8-9-16(13)21)24-18(25)12-23-10-4-7-17(23)19(24)20(26)22-14-5-2-3-6-14/h4,7-11,14,19H,2-3,5-6,12H2,1H3,(H,22,26)/t19-/m1/s1. The van der Waals surface area contributed by atoms with Crippen LogP contribution in [0.25, 0.3) is 0 Å². The zero-order valence-electron chi connectivity index (χ0n) is 14.7. The Morgan fingerprint density at radius 2 is 2.00 bits per heavy atom. The maximum atomic E-state index is 13.2. The third-order valence-corrected chi connectivity index (χ3v) is 6.24. The number of amides is 2. The van der Waals surface area contributed by atoms with Gasteiger partial charge in [-0.25, -0.2) is 0 Å². The molecule has 26 heavy (non-hydrogen) atoms. The number of carbonyl (C=O) groups excluding carboxylic acids is 2. The van der Waals surface area contributed by atoms with Crippen molar-refractivity contribution in [1.82, 2.24) is 9.88 Å². The highest BCUT2D eigenvalue weighted by molar-refractivity contribution is 9.10. The lowest BCUT2D eigenvalue weighted by atomic mass is 10.0. The first kappa shape index (κ1) is 17.3. The van der Waals surface area contributed by atoms with Gasteiger partial charge in [-0.05, 0) is 55.7 Å². The van der Waals surface area contributed by atoms with E-state index in [0.29, 0.717) is 0 Å². The van der Waals surface area contributed by atoms with Crippen molar-refractivity contribution in [2.24, 2.45) is 0 Å². The van der Waals surface area contributed by atoms with Crippen molar-refractivity contribution >= 4 is 33.4 Å².